The number of thiol groups is 1. The van der Waals surface area contributed by atoms with E-state index in [9.17, 15) is 10.2 Å². The van der Waals surface area contributed by atoms with E-state index in [1.54, 1.807) is 0 Å². The smallest absolute Gasteiger partial charge is 0.0667 e. The second-order valence-electron chi connectivity index (χ2n) is 7.90. The molecular formula is C22H47NO2S. The summed E-state index contributed by atoms with van der Waals surface area (Å²) in [6, 6.07) is 0. The summed E-state index contributed by atoms with van der Waals surface area (Å²) in [5.74, 6) is 0.771. The zero-order chi connectivity index (χ0) is 19.5. The van der Waals surface area contributed by atoms with E-state index in [1.807, 2.05) is 0 Å². The number of unbranched alkanes of at least 4 members (excludes halogenated alkanes) is 10. The third-order valence-electron chi connectivity index (χ3n) is 5.14. The third-order valence-corrected chi connectivity index (χ3v) is 5.34. The molecule has 26 heavy (non-hydrogen) atoms. The normalized spacial score (nSPS) is 14.1. The monoisotopic (exact) mass is 389 g/mol. The van der Waals surface area contributed by atoms with E-state index in [4.69, 9.17) is 0 Å². The fourth-order valence-corrected chi connectivity index (χ4v) is 3.78. The van der Waals surface area contributed by atoms with Gasteiger partial charge in [-0.3, -0.25) is 4.90 Å². The maximum absolute atomic E-state index is 10.3. The van der Waals surface area contributed by atoms with Crippen LogP contribution in [0.25, 0.3) is 0 Å². The second kappa shape index (κ2) is 20.0. The number of nitrogens with zero attached hydrogens (tertiary/aromatic N) is 1. The van der Waals surface area contributed by atoms with Crippen LogP contribution < -0.4 is 0 Å². The van der Waals surface area contributed by atoms with Crippen LogP contribution in [-0.4, -0.2) is 52.7 Å². The zero-order valence-electron chi connectivity index (χ0n) is 17.7. The van der Waals surface area contributed by atoms with Crippen LogP contribution >= 0.6 is 12.6 Å². The highest BCUT2D eigenvalue weighted by molar-refractivity contribution is 7.80. The summed E-state index contributed by atoms with van der Waals surface area (Å²) in [7, 11) is 0. The molecule has 4 heteroatoms. The van der Waals surface area contributed by atoms with Crippen LogP contribution in [0.2, 0.25) is 0 Å². The van der Waals surface area contributed by atoms with Crippen molar-refractivity contribution in [1.82, 2.24) is 4.90 Å². The van der Waals surface area contributed by atoms with Crippen LogP contribution in [0.3, 0.4) is 0 Å². The molecule has 0 aromatic heterocycles. The van der Waals surface area contributed by atoms with E-state index in [2.05, 4.69) is 31.4 Å². The van der Waals surface area contributed by atoms with Crippen LogP contribution in [0.5, 0.6) is 0 Å². The van der Waals surface area contributed by atoms with Gasteiger partial charge < -0.3 is 10.2 Å². The van der Waals surface area contributed by atoms with Crippen molar-refractivity contribution >= 4 is 12.6 Å². The minimum Gasteiger partial charge on any atom is -0.392 e. The largest absolute Gasteiger partial charge is 0.392 e. The van der Waals surface area contributed by atoms with Gasteiger partial charge in [0.15, 0.2) is 0 Å². The Kier molecular flexibility index (Phi) is 20.2. The average Bonchev–Trinajstić information content (AvgIpc) is 2.61. The summed E-state index contributed by atoms with van der Waals surface area (Å²) in [6.45, 7) is 6.65. The quantitative estimate of drug-likeness (QED) is 0.192. The van der Waals surface area contributed by atoms with Crippen LogP contribution in [0, 0.1) is 0 Å². The minimum atomic E-state index is -0.276. The van der Waals surface area contributed by atoms with E-state index < -0.39 is 0 Å². The van der Waals surface area contributed by atoms with E-state index in [0.29, 0.717) is 13.1 Å². The predicted molar refractivity (Wildman–Crippen MR) is 118 cm³/mol. The number of aliphatic hydroxyl groups excluding tert-OH is 2. The van der Waals surface area contributed by atoms with E-state index in [1.165, 1.54) is 64.2 Å². The molecule has 0 heterocycles. The molecule has 2 atom stereocenters. The highest BCUT2D eigenvalue weighted by atomic mass is 32.1. The summed E-state index contributed by atoms with van der Waals surface area (Å²) in [6.07, 6.45) is 16.3. The highest BCUT2D eigenvalue weighted by Gasteiger charge is 2.15. The lowest BCUT2D eigenvalue weighted by Crippen LogP contribution is -2.39. The van der Waals surface area contributed by atoms with Gasteiger partial charge in [-0.05, 0) is 12.8 Å². The van der Waals surface area contributed by atoms with Gasteiger partial charge >= 0.3 is 0 Å². The molecule has 0 spiro atoms. The van der Waals surface area contributed by atoms with Crippen molar-refractivity contribution in [2.24, 2.45) is 0 Å². The molecular weight excluding hydrogens is 342 g/mol. The number of hydrogen-bond acceptors (Lipinski definition) is 4. The Morgan fingerprint density at radius 1 is 0.654 bits per heavy atom. The molecule has 2 N–H and O–H groups in total. The lowest BCUT2D eigenvalue weighted by molar-refractivity contribution is 0.0639. The molecule has 0 saturated heterocycles. The van der Waals surface area contributed by atoms with Gasteiger partial charge in [0.05, 0.1) is 12.2 Å². The Bertz CT molecular complexity index is 255. The van der Waals surface area contributed by atoms with Crippen LogP contribution in [0.1, 0.15) is 104 Å². The minimum absolute atomic E-state index is 0.276. The van der Waals surface area contributed by atoms with Gasteiger partial charge in [0, 0.05) is 25.4 Å². The van der Waals surface area contributed by atoms with Crippen molar-refractivity contribution in [3.8, 4) is 0 Å². The molecule has 0 aromatic rings. The van der Waals surface area contributed by atoms with Crippen LogP contribution in [0.4, 0.5) is 0 Å². The SMILES string of the molecule is CCCCCCCCC(O)CN(CCS)CC(O)CCCCCCCC. The molecule has 0 rings (SSSR count). The first kappa shape index (κ1) is 26.2. The maximum Gasteiger partial charge on any atom is 0.0667 e. The topological polar surface area (TPSA) is 43.7 Å². The van der Waals surface area contributed by atoms with Crippen molar-refractivity contribution in [3.05, 3.63) is 0 Å². The number of aliphatic hydroxyl groups is 2. The molecule has 0 aromatic carbocycles. The molecule has 0 aliphatic rings. The van der Waals surface area contributed by atoms with Crippen molar-refractivity contribution in [2.75, 3.05) is 25.4 Å². The average molecular weight is 390 g/mol. The molecule has 0 saturated carbocycles. The Morgan fingerprint density at radius 3 is 1.42 bits per heavy atom. The van der Waals surface area contributed by atoms with Gasteiger partial charge in [-0.1, -0.05) is 90.9 Å². The fraction of sp³-hybridized carbons (Fsp3) is 1.00. The molecule has 0 radical (unpaired) electrons. The van der Waals surface area contributed by atoms with Gasteiger partial charge in [-0.2, -0.15) is 12.6 Å². The molecule has 0 amide bonds. The lowest BCUT2D eigenvalue weighted by Gasteiger charge is -2.27. The molecule has 0 fully saturated rings. The highest BCUT2D eigenvalue weighted by Crippen LogP contribution is 2.12. The summed E-state index contributed by atoms with van der Waals surface area (Å²) in [5.41, 5.74) is 0. The Morgan fingerprint density at radius 2 is 1.04 bits per heavy atom. The summed E-state index contributed by atoms with van der Waals surface area (Å²) < 4.78 is 0. The molecule has 0 aliphatic heterocycles. The lowest BCUT2D eigenvalue weighted by atomic mass is 10.1. The third kappa shape index (κ3) is 17.6. The molecule has 0 bridgehead atoms. The maximum atomic E-state index is 10.3. The van der Waals surface area contributed by atoms with Gasteiger partial charge in [0.2, 0.25) is 0 Å². The van der Waals surface area contributed by atoms with Gasteiger partial charge in [-0.25, -0.2) is 0 Å². The van der Waals surface area contributed by atoms with Crippen molar-refractivity contribution in [3.63, 3.8) is 0 Å². The summed E-state index contributed by atoms with van der Waals surface area (Å²) in [5, 5.41) is 20.6. The standard InChI is InChI=1S/C22H47NO2S/c1-3-5-7-9-11-13-15-21(24)19-23(17-18-26)20-22(25)16-14-12-10-8-6-4-2/h21-22,24-26H,3-20H2,1-2H3. The molecule has 2 unspecified atom stereocenters. The molecule has 158 valence electrons. The molecule has 0 aliphatic carbocycles. The van der Waals surface area contributed by atoms with E-state index in [-0.39, 0.29) is 12.2 Å². The summed E-state index contributed by atoms with van der Waals surface area (Å²) in [4.78, 5) is 2.19. The number of rotatable bonds is 20. The predicted octanol–water partition coefficient (Wildman–Crippen LogP) is 5.44. The van der Waals surface area contributed by atoms with Crippen LogP contribution in [-0.2, 0) is 0 Å². The Balaban J connectivity index is 3.84. The summed E-state index contributed by atoms with van der Waals surface area (Å²) >= 11 is 4.34. The first-order valence-electron chi connectivity index (χ1n) is 11.3. The Labute approximate surface area is 169 Å². The van der Waals surface area contributed by atoms with Crippen molar-refractivity contribution in [1.29, 1.82) is 0 Å². The van der Waals surface area contributed by atoms with Gasteiger partial charge in [0.25, 0.3) is 0 Å². The fourth-order valence-electron chi connectivity index (χ4n) is 3.50. The van der Waals surface area contributed by atoms with Crippen LogP contribution in [0.15, 0.2) is 0 Å². The van der Waals surface area contributed by atoms with Crippen molar-refractivity contribution < 1.29 is 10.2 Å². The molecule has 3 nitrogen and oxygen atoms in total. The first-order valence-corrected chi connectivity index (χ1v) is 12.0. The van der Waals surface area contributed by atoms with E-state index >= 15 is 0 Å². The first-order chi connectivity index (χ1) is 12.6. The van der Waals surface area contributed by atoms with Gasteiger partial charge in [-0.15, -0.1) is 0 Å². The number of hydrogen-bond donors (Lipinski definition) is 3. The van der Waals surface area contributed by atoms with Crippen molar-refractivity contribution in [2.45, 2.75) is 116 Å². The van der Waals surface area contributed by atoms with E-state index in [0.717, 1.165) is 38.0 Å². The second-order valence-corrected chi connectivity index (χ2v) is 8.35. The zero-order valence-corrected chi connectivity index (χ0v) is 18.6. The van der Waals surface area contributed by atoms with Gasteiger partial charge in [0.1, 0.15) is 0 Å². The Hall–Kier alpha value is 0.230.